The Labute approximate surface area is 144 Å². The number of aromatic nitrogens is 5. The van der Waals surface area contributed by atoms with E-state index in [2.05, 4.69) is 27.0 Å². The van der Waals surface area contributed by atoms with Crippen molar-refractivity contribution in [3.05, 3.63) is 72.0 Å². The minimum absolute atomic E-state index is 0.0564. The summed E-state index contributed by atoms with van der Waals surface area (Å²) in [7, 11) is 0. The lowest BCUT2D eigenvalue weighted by Gasteiger charge is -2.10. The van der Waals surface area contributed by atoms with Gasteiger partial charge in [-0.1, -0.05) is 17.7 Å². The molecule has 0 spiro atoms. The second-order valence-corrected chi connectivity index (χ2v) is 5.92. The largest absolute Gasteiger partial charge is 0.263 e. The van der Waals surface area contributed by atoms with E-state index in [4.69, 9.17) is 11.6 Å². The summed E-state index contributed by atoms with van der Waals surface area (Å²) in [5.41, 5.74) is 4.49. The van der Waals surface area contributed by atoms with Crippen molar-refractivity contribution < 1.29 is 0 Å². The van der Waals surface area contributed by atoms with Gasteiger partial charge >= 0.3 is 0 Å². The molecule has 4 aromatic rings. The molecule has 0 aliphatic rings. The van der Waals surface area contributed by atoms with E-state index in [9.17, 15) is 0 Å². The fraction of sp³-hybridized carbons (Fsp3) is 0.111. The monoisotopic (exact) mass is 335 g/mol. The van der Waals surface area contributed by atoms with Crippen LogP contribution in [0.15, 0.2) is 61.2 Å². The predicted molar refractivity (Wildman–Crippen MR) is 93.8 cm³/mol. The van der Waals surface area contributed by atoms with Crippen LogP contribution >= 0.6 is 11.6 Å². The third kappa shape index (κ3) is 2.74. The molecule has 0 aromatic carbocycles. The average Bonchev–Trinajstić information content (AvgIpc) is 3.11. The summed E-state index contributed by atoms with van der Waals surface area (Å²) in [5.74, 6) is 0. The van der Waals surface area contributed by atoms with Gasteiger partial charge in [0.05, 0.1) is 29.0 Å². The number of pyridine rings is 3. The second-order valence-electron chi connectivity index (χ2n) is 5.54. The van der Waals surface area contributed by atoms with Crippen molar-refractivity contribution in [1.82, 2.24) is 24.7 Å². The van der Waals surface area contributed by atoms with E-state index in [-0.39, 0.29) is 6.04 Å². The molecule has 24 heavy (non-hydrogen) atoms. The van der Waals surface area contributed by atoms with Crippen molar-refractivity contribution in [2.24, 2.45) is 0 Å². The Morgan fingerprint density at radius 3 is 2.75 bits per heavy atom. The molecule has 1 unspecified atom stereocenters. The molecule has 1 atom stereocenters. The molecule has 5 nitrogen and oxygen atoms in total. The highest BCUT2D eigenvalue weighted by molar-refractivity contribution is 6.29. The lowest BCUT2D eigenvalue weighted by atomic mass is 10.1. The first-order valence-electron chi connectivity index (χ1n) is 7.58. The fourth-order valence-electron chi connectivity index (χ4n) is 2.60. The van der Waals surface area contributed by atoms with E-state index < -0.39 is 0 Å². The van der Waals surface area contributed by atoms with E-state index in [1.165, 1.54) is 0 Å². The molecule has 4 aromatic heterocycles. The standard InChI is InChI=1S/C18H14ClN5/c1-12(15-4-2-3-7-20-15)24-11-14(10-22-24)13-8-17-16(21-9-13)5-6-18(19)23-17/h2-12H,1H3. The SMILES string of the molecule is CC(c1ccccn1)n1cc(-c2cnc3ccc(Cl)nc3c2)cn1. The number of hydrogen-bond donors (Lipinski definition) is 0. The molecule has 4 rings (SSSR count). The topological polar surface area (TPSA) is 56.5 Å². The molecule has 4 heterocycles. The lowest BCUT2D eigenvalue weighted by Crippen LogP contribution is -2.08. The average molecular weight is 336 g/mol. The van der Waals surface area contributed by atoms with Gasteiger partial charge in [-0.05, 0) is 37.3 Å². The smallest absolute Gasteiger partial charge is 0.129 e. The van der Waals surface area contributed by atoms with E-state index in [0.717, 1.165) is 27.9 Å². The van der Waals surface area contributed by atoms with Gasteiger partial charge in [0.2, 0.25) is 0 Å². The van der Waals surface area contributed by atoms with Gasteiger partial charge in [0.1, 0.15) is 5.15 Å². The van der Waals surface area contributed by atoms with Crippen LogP contribution in [0.3, 0.4) is 0 Å². The summed E-state index contributed by atoms with van der Waals surface area (Å²) in [5, 5.41) is 4.93. The van der Waals surface area contributed by atoms with Crippen molar-refractivity contribution in [1.29, 1.82) is 0 Å². The van der Waals surface area contributed by atoms with Crippen LogP contribution in [0.5, 0.6) is 0 Å². The molecule has 0 saturated heterocycles. The first kappa shape index (κ1) is 14.8. The Bertz CT molecular complexity index is 997. The summed E-state index contributed by atoms with van der Waals surface area (Å²) < 4.78 is 1.90. The molecule has 0 fully saturated rings. The van der Waals surface area contributed by atoms with Crippen molar-refractivity contribution in [2.45, 2.75) is 13.0 Å². The van der Waals surface area contributed by atoms with Crippen LogP contribution in [-0.2, 0) is 0 Å². The molecule has 0 amide bonds. The summed E-state index contributed by atoms with van der Waals surface area (Å²) in [4.78, 5) is 13.1. The third-order valence-electron chi connectivity index (χ3n) is 3.95. The number of halogens is 1. The van der Waals surface area contributed by atoms with Gasteiger partial charge in [0.15, 0.2) is 0 Å². The van der Waals surface area contributed by atoms with Gasteiger partial charge in [-0.3, -0.25) is 14.6 Å². The van der Waals surface area contributed by atoms with Crippen LogP contribution in [0.1, 0.15) is 18.7 Å². The van der Waals surface area contributed by atoms with E-state index in [1.807, 2.05) is 53.6 Å². The van der Waals surface area contributed by atoms with E-state index in [0.29, 0.717) is 5.15 Å². The Balaban J connectivity index is 1.70. The molecule has 0 saturated carbocycles. The summed E-state index contributed by atoms with van der Waals surface area (Å²) in [6, 6.07) is 11.5. The maximum atomic E-state index is 5.97. The van der Waals surface area contributed by atoms with E-state index >= 15 is 0 Å². The number of hydrogen-bond acceptors (Lipinski definition) is 4. The number of rotatable bonds is 3. The van der Waals surface area contributed by atoms with Crippen LogP contribution in [0.4, 0.5) is 0 Å². The van der Waals surface area contributed by atoms with Crippen LogP contribution in [0.2, 0.25) is 5.15 Å². The molecule has 118 valence electrons. The Hall–Kier alpha value is -2.79. The van der Waals surface area contributed by atoms with Gasteiger partial charge in [-0.25, -0.2) is 4.98 Å². The van der Waals surface area contributed by atoms with Gasteiger partial charge in [-0.15, -0.1) is 0 Å². The van der Waals surface area contributed by atoms with Crippen molar-refractivity contribution in [3.8, 4) is 11.1 Å². The Kier molecular flexibility index (Phi) is 3.70. The highest BCUT2D eigenvalue weighted by Gasteiger charge is 2.11. The zero-order valence-corrected chi connectivity index (χ0v) is 13.7. The molecular formula is C18H14ClN5. The van der Waals surface area contributed by atoms with Gasteiger partial charge in [0, 0.05) is 29.7 Å². The normalized spacial score (nSPS) is 12.4. The predicted octanol–water partition coefficient (Wildman–Crippen LogP) is 4.15. The zero-order chi connectivity index (χ0) is 16.5. The number of fused-ring (bicyclic) bond motifs is 1. The maximum Gasteiger partial charge on any atom is 0.129 e. The van der Waals surface area contributed by atoms with Gasteiger partial charge < -0.3 is 0 Å². The van der Waals surface area contributed by atoms with Crippen molar-refractivity contribution >= 4 is 22.6 Å². The van der Waals surface area contributed by atoms with Crippen LogP contribution in [-0.4, -0.2) is 24.7 Å². The molecule has 0 aliphatic carbocycles. The molecular weight excluding hydrogens is 322 g/mol. The summed E-state index contributed by atoms with van der Waals surface area (Å²) >= 11 is 5.97. The molecule has 0 N–H and O–H groups in total. The highest BCUT2D eigenvalue weighted by atomic mass is 35.5. The second kappa shape index (κ2) is 6.02. The summed E-state index contributed by atoms with van der Waals surface area (Å²) in [6.45, 7) is 2.07. The molecule has 0 radical (unpaired) electrons. The molecule has 0 aliphatic heterocycles. The Morgan fingerprint density at radius 2 is 1.92 bits per heavy atom. The fourth-order valence-corrected chi connectivity index (χ4v) is 2.75. The zero-order valence-electron chi connectivity index (χ0n) is 13.0. The van der Waals surface area contributed by atoms with E-state index in [1.54, 1.807) is 12.3 Å². The Morgan fingerprint density at radius 1 is 1.00 bits per heavy atom. The first-order valence-corrected chi connectivity index (χ1v) is 7.96. The van der Waals surface area contributed by atoms with Gasteiger partial charge in [-0.2, -0.15) is 5.10 Å². The number of nitrogens with zero attached hydrogens (tertiary/aromatic N) is 5. The quantitative estimate of drug-likeness (QED) is 0.528. The minimum atomic E-state index is 0.0564. The maximum absolute atomic E-state index is 5.97. The molecule has 0 bridgehead atoms. The third-order valence-corrected chi connectivity index (χ3v) is 4.16. The van der Waals surface area contributed by atoms with Gasteiger partial charge in [0.25, 0.3) is 0 Å². The highest BCUT2D eigenvalue weighted by Crippen LogP contribution is 2.24. The van der Waals surface area contributed by atoms with Crippen LogP contribution < -0.4 is 0 Å². The van der Waals surface area contributed by atoms with Crippen LogP contribution in [0, 0.1) is 0 Å². The summed E-state index contributed by atoms with van der Waals surface area (Å²) in [6.07, 6.45) is 7.43. The van der Waals surface area contributed by atoms with Crippen molar-refractivity contribution in [2.75, 3.05) is 0 Å². The van der Waals surface area contributed by atoms with Crippen LogP contribution in [0.25, 0.3) is 22.2 Å². The minimum Gasteiger partial charge on any atom is -0.263 e. The van der Waals surface area contributed by atoms with Crippen molar-refractivity contribution in [3.63, 3.8) is 0 Å². The lowest BCUT2D eigenvalue weighted by molar-refractivity contribution is 0.551. The molecule has 6 heteroatoms. The first-order chi connectivity index (χ1) is 11.7.